The molecule has 2 rings (SSSR count). The summed E-state index contributed by atoms with van der Waals surface area (Å²) < 4.78 is 51.8. The molecule has 0 amide bonds. The first kappa shape index (κ1) is 14.3. The highest BCUT2D eigenvalue weighted by Crippen LogP contribution is 2.24. The van der Waals surface area contributed by atoms with Crippen LogP contribution in [0.25, 0.3) is 0 Å². The number of hydrogen-bond donors (Lipinski definition) is 1. The fourth-order valence-electron chi connectivity index (χ4n) is 1.65. The summed E-state index contributed by atoms with van der Waals surface area (Å²) >= 11 is 0. The lowest BCUT2D eigenvalue weighted by molar-refractivity contribution is 0.593. The van der Waals surface area contributed by atoms with Gasteiger partial charge >= 0.3 is 0 Å². The van der Waals surface area contributed by atoms with E-state index in [4.69, 9.17) is 5.73 Å². The number of benzene rings is 2. The molecule has 0 heterocycles. The number of anilines is 2. The lowest BCUT2D eigenvalue weighted by Gasteiger charge is -2.19. The first-order valence-corrected chi connectivity index (χ1v) is 7.06. The molecule has 106 valence electrons. The lowest BCUT2D eigenvalue weighted by Crippen LogP contribution is -2.26. The largest absolute Gasteiger partial charge is 0.396 e. The number of halogens is 2. The molecule has 0 saturated heterocycles. The Bertz CT molecular complexity index is 748. The average Bonchev–Trinajstić information content (AvgIpc) is 2.40. The van der Waals surface area contributed by atoms with Crippen molar-refractivity contribution in [2.24, 2.45) is 0 Å². The number of hydrogen-bond acceptors (Lipinski definition) is 3. The summed E-state index contributed by atoms with van der Waals surface area (Å²) in [5.74, 6) is -1.25. The minimum absolute atomic E-state index is 0.160. The third kappa shape index (κ3) is 2.57. The fraction of sp³-hybridized carbons (Fsp3) is 0.0769. The van der Waals surface area contributed by atoms with Crippen molar-refractivity contribution in [3.63, 3.8) is 0 Å². The monoisotopic (exact) mass is 298 g/mol. The maximum Gasteiger partial charge on any atom is 0.264 e. The molecular formula is C13H12F2N2O2S. The summed E-state index contributed by atoms with van der Waals surface area (Å²) in [6.07, 6.45) is 0. The predicted molar refractivity (Wildman–Crippen MR) is 72.8 cm³/mol. The van der Waals surface area contributed by atoms with E-state index in [9.17, 15) is 17.2 Å². The second-order valence-corrected chi connectivity index (χ2v) is 6.10. The van der Waals surface area contributed by atoms with E-state index in [0.29, 0.717) is 0 Å². The van der Waals surface area contributed by atoms with Crippen molar-refractivity contribution in [1.82, 2.24) is 0 Å². The first-order valence-electron chi connectivity index (χ1n) is 5.62. The minimum Gasteiger partial charge on any atom is -0.396 e. The Morgan fingerprint density at radius 2 is 1.80 bits per heavy atom. The highest BCUT2D eigenvalue weighted by molar-refractivity contribution is 7.92. The third-order valence-electron chi connectivity index (χ3n) is 2.80. The Morgan fingerprint density at radius 1 is 1.10 bits per heavy atom. The summed E-state index contributed by atoms with van der Waals surface area (Å²) in [5, 5.41) is 0. The normalized spacial score (nSPS) is 11.3. The smallest absolute Gasteiger partial charge is 0.264 e. The van der Waals surface area contributed by atoms with Crippen LogP contribution in [-0.2, 0) is 10.0 Å². The van der Waals surface area contributed by atoms with E-state index >= 15 is 0 Å². The number of rotatable bonds is 3. The van der Waals surface area contributed by atoms with Crippen LogP contribution in [-0.4, -0.2) is 15.5 Å². The Labute approximate surface area is 115 Å². The van der Waals surface area contributed by atoms with Crippen molar-refractivity contribution in [1.29, 1.82) is 0 Å². The zero-order valence-electron chi connectivity index (χ0n) is 10.5. The zero-order valence-corrected chi connectivity index (χ0v) is 11.4. The van der Waals surface area contributed by atoms with E-state index in [1.165, 1.54) is 25.2 Å². The molecule has 0 saturated carbocycles. The van der Waals surface area contributed by atoms with Gasteiger partial charge in [-0.1, -0.05) is 6.07 Å². The summed E-state index contributed by atoms with van der Waals surface area (Å²) in [6.45, 7) is 0. The Kier molecular flexibility index (Phi) is 3.63. The summed E-state index contributed by atoms with van der Waals surface area (Å²) in [5.41, 5.74) is 5.26. The van der Waals surface area contributed by atoms with Crippen LogP contribution in [0.4, 0.5) is 20.2 Å². The van der Waals surface area contributed by atoms with Gasteiger partial charge in [0, 0.05) is 7.05 Å². The van der Waals surface area contributed by atoms with E-state index < -0.39 is 21.7 Å². The molecule has 0 unspecified atom stereocenters. The maximum absolute atomic E-state index is 13.1. The van der Waals surface area contributed by atoms with Crippen molar-refractivity contribution < 1.29 is 17.2 Å². The van der Waals surface area contributed by atoms with Crippen LogP contribution in [0.5, 0.6) is 0 Å². The molecule has 2 aromatic rings. The van der Waals surface area contributed by atoms with Gasteiger partial charge in [0.1, 0.15) is 11.6 Å². The van der Waals surface area contributed by atoms with Gasteiger partial charge in [-0.3, -0.25) is 4.31 Å². The van der Waals surface area contributed by atoms with E-state index in [1.807, 2.05) is 0 Å². The van der Waals surface area contributed by atoms with Crippen molar-refractivity contribution in [2.45, 2.75) is 4.90 Å². The van der Waals surface area contributed by atoms with Crippen LogP contribution < -0.4 is 10.0 Å². The van der Waals surface area contributed by atoms with Gasteiger partial charge in [-0.05, 0) is 36.4 Å². The highest BCUT2D eigenvalue weighted by Gasteiger charge is 2.22. The molecule has 0 bridgehead atoms. The van der Waals surface area contributed by atoms with E-state index in [2.05, 4.69) is 0 Å². The van der Waals surface area contributed by atoms with Gasteiger partial charge in [0.2, 0.25) is 0 Å². The maximum atomic E-state index is 13.1. The number of nitrogen functional groups attached to an aromatic ring is 1. The summed E-state index contributed by atoms with van der Waals surface area (Å²) in [6, 6.07) is 8.26. The van der Waals surface area contributed by atoms with E-state index in [1.54, 1.807) is 0 Å². The molecule has 0 aliphatic heterocycles. The topological polar surface area (TPSA) is 63.4 Å². The minimum atomic E-state index is -3.93. The number of sulfonamides is 1. The molecule has 2 N–H and O–H groups in total. The van der Waals surface area contributed by atoms with Crippen molar-refractivity contribution in [2.75, 3.05) is 17.1 Å². The molecule has 0 aliphatic rings. The molecule has 7 heteroatoms. The van der Waals surface area contributed by atoms with Crippen LogP contribution in [0.1, 0.15) is 0 Å². The SMILES string of the molecule is CN(c1cccc(F)c1)S(=O)(=O)c1ccc(F)c(N)c1. The van der Waals surface area contributed by atoms with Crippen molar-refractivity contribution >= 4 is 21.4 Å². The molecule has 0 aliphatic carbocycles. The van der Waals surface area contributed by atoms with Crippen LogP contribution in [0.2, 0.25) is 0 Å². The Balaban J connectivity index is 2.46. The molecule has 0 atom stereocenters. The highest BCUT2D eigenvalue weighted by atomic mass is 32.2. The second kappa shape index (κ2) is 5.09. The van der Waals surface area contributed by atoms with Gasteiger partial charge in [-0.25, -0.2) is 17.2 Å². The average molecular weight is 298 g/mol. The fourth-order valence-corrected chi connectivity index (χ4v) is 2.87. The molecule has 0 fully saturated rings. The van der Waals surface area contributed by atoms with Gasteiger partial charge in [0.25, 0.3) is 10.0 Å². The Morgan fingerprint density at radius 3 is 2.40 bits per heavy atom. The summed E-state index contributed by atoms with van der Waals surface area (Å²) in [4.78, 5) is -0.164. The third-order valence-corrected chi connectivity index (χ3v) is 4.58. The first-order chi connectivity index (χ1) is 9.32. The molecule has 0 spiro atoms. The molecule has 0 aromatic heterocycles. The molecular weight excluding hydrogens is 286 g/mol. The standard InChI is InChI=1S/C13H12F2N2O2S/c1-17(10-4-2-3-9(14)7-10)20(18,19)11-5-6-12(15)13(16)8-11/h2-8H,16H2,1H3. The Hall–Kier alpha value is -2.15. The zero-order chi connectivity index (χ0) is 14.9. The van der Waals surface area contributed by atoms with E-state index in [0.717, 1.165) is 28.6 Å². The van der Waals surface area contributed by atoms with E-state index in [-0.39, 0.29) is 16.3 Å². The molecule has 0 radical (unpaired) electrons. The number of nitrogens with two attached hydrogens (primary N) is 1. The van der Waals surface area contributed by atoms with Crippen LogP contribution in [0.3, 0.4) is 0 Å². The lowest BCUT2D eigenvalue weighted by atomic mass is 10.3. The molecule has 20 heavy (non-hydrogen) atoms. The van der Waals surface area contributed by atoms with Gasteiger partial charge in [-0.2, -0.15) is 0 Å². The van der Waals surface area contributed by atoms with Gasteiger partial charge in [0.05, 0.1) is 16.3 Å². The van der Waals surface area contributed by atoms with Crippen LogP contribution in [0.15, 0.2) is 47.4 Å². The van der Waals surface area contributed by atoms with Crippen molar-refractivity contribution in [3.8, 4) is 0 Å². The van der Waals surface area contributed by atoms with Gasteiger partial charge < -0.3 is 5.73 Å². The van der Waals surface area contributed by atoms with Crippen molar-refractivity contribution in [3.05, 3.63) is 54.1 Å². The van der Waals surface area contributed by atoms with Crippen LogP contribution >= 0.6 is 0 Å². The number of nitrogens with zero attached hydrogens (tertiary/aromatic N) is 1. The second-order valence-electron chi connectivity index (χ2n) is 4.14. The van der Waals surface area contributed by atoms with Crippen LogP contribution in [0, 0.1) is 11.6 Å². The molecule has 4 nitrogen and oxygen atoms in total. The van der Waals surface area contributed by atoms with Gasteiger partial charge in [0.15, 0.2) is 0 Å². The summed E-state index contributed by atoms with van der Waals surface area (Å²) in [7, 11) is -2.65. The molecule has 2 aromatic carbocycles. The quantitative estimate of drug-likeness (QED) is 0.885. The van der Waals surface area contributed by atoms with Gasteiger partial charge in [-0.15, -0.1) is 0 Å². The predicted octanol–water partition coefficient (Wildman–Crippen LogP) is 2.37.